The zero-order valence-electron chi connectivity index (χ0n) is 17.7. The summed E-state index contributed by atoms with van der Waals surface area (Å²) in [5, 5.41) is 0. The van der Waals surface area contributed by atoms with Crippen molar-refractivity contribution in [1.29, 1.82) is 0 Å². The van der Waals surface area contributed by atoms with E-state index >= 15 is 0 Å². The van der Waals surface area contributed by atoms with Crippen molar-refractivity contribution in [3.8, 4) is 0 Å². The molecule has 8 heteroatoms. The van der Waals surface area contributed by atoms with Gasteiger partial charge in [0.1, 0.15) is 0 Å². The fraction of sp³-hybridized carbons (Fsp3) is 0.727. The number of sulfonamides is 2. The number of nitrogens with one attached hydrogen (secondary N) is 1. The first kappa shape index (κ1) is 22.2. The smallest absolute Gasteiger partial charge is 0.208 e. The largest absolute Gasteiger partial charge is 0.243 e. The predicted molar refractivity (Wildman–Crippen MR) is 117 cm³/mol. The summed E-state index contributed by atoms with van der Waals surface area (Å²) in [6.07, 6.45) is 12.8. The Hall–Kier alpha value is -0.960. The fourth-order valence-corrected chi connectivity index (χ4v) is 8.42. The molecule has 2 saturated carbocycles. The first-order valence-electron chi connectivity index (χ1n) is 11.4. The van der Waals surface area contributed by atoms with E-state index in [9.17, 15) is 16.8 Å². The van der Waals surface area contributed by atoms with Gasteiger partial charge in [0, 0.05) is 19.1 Å². The van der Waals surface area contributed by atoms with Crippen LogP contribution in [0.15, 0.2) is 34.1 Å². The monoisotopic (exact) mass is 454 g/mol. The van der Waals surface area contributed by atoms with Crippen molar-refractivity contribution in [2.24, 2.45) is 5.41 Å². The lowest BCUT2D eigenvalue weighted by molar-refractivity contribution is 0.0965. The van der Waals surface area contributed by atoms with Crippen LogP contribution in [0.3, 0.4) is 0 Å². The van der Waals surface area contributed by atoms with Crippen molar-refractivity contribution in [3.63, 3.8) is 0 Å². The Bertz CT molecular complexity index is 924. The molecule has 6 nitrogen and oxygen atoms in total. The van der Waals surface area contributed by atoms with E-state index in [4.69, 9.17) is 0 Å². The molecule has 30 heavy (non-hydrogen) atoms. The van der Waals surface area contributed by atoms with Gasteiger partial charge in [-0.2, -0.15) is 4.31 Å². The highest BCUT2D eigenvalue weighted by Crippen LogP contribution is 2.44. The molecular formula is C22H34N2O4S2. The second kappa shape index (κ2) is 8.88. The van der Waals surface area contributed by atoms with E-state index in [0.717, 1.165) is 57.8 Å². The van der Waals surface area contributed by atoms with Gasteiger partial charge in [-0.25, -0.2) is 21.6 Å². The third-order valence-electron chi connectivity index (χ3n) is 7.24. The molecule has 1 aromatic carbocycles. The third-order valence-corrected chi connectivity index (χ3v) is 10.6. The molecule has 1 aromatic rings. The van der Waals surface area contributed by atoms with Crippen LogP contribution in [0.1, 0.15) is 77.0 Å². The average Bonchev–Trinajstić information content (AvgIpc) is 2.75. The molecule has 0 radical (unpaired) electrons. The van der Waals surface area contributed by atoms with Crippen LogP contribution < -0.4 is 4.72 Å². The molecule has 0 bridgehead atoms. The quantitative estimate of drug-likeness (QED) is 0.728. The molecule has 0 unspecified atom stereocenters. The van der Waals surface area contributed by atoms with Crippen molar-refractivity contribution >= 4 is 20.0 Å². The summed E-state index contributed by atoms with van der Waals surface area (Å²) in [7, 11) is -7.24. The summed E-state index contributed by atoms with van der Waals surface area (Å²) >= 11 is 0. The summed E-state index contributed by atoms with van der Waals surface area (Å²) in [5.74, 6) is 0. The molecule has 1 aliphatic heterocycles. The molecule has 0 amide bonds. The Morgan fingerprint density at radius 2 is 1.33 bits per heavy atom. The molecule has 0 aromatic heterocycles. The van der Waals surface area contributed by atoms with Crippen molar-refractivity contribution in [1.82, 2.24) is 9.03 Å². The number of nitrogens with zero attached hydrogens (tertiary/aromatic N) is 1. The van der Waals surface area contributed by atoms with E-state index in [2.05, 4.69) is 4.72 Å². The highest BCUT2D eigenvalue weighted by molar-refractivity contribution is 7.89. The SMILES string of the molecule is O=S(=O)(NC1CCCCC1)c1ccc(S(=O)(=O)N2CCCC3(CCCCC3)C2)cc1. The second-order valence-electron chi connectivity index (χ2n) is 9.43. The van der Waals surface area contributed by atoms with Crippen LogP contribution in [0.2, 0.25) is 0 Å². The summed E-state index contributed by atoms with van der Waals surface area (Å²) in [4.78, 5) is 0.321. The molecule has 4 rings (SSSR count). The molecule has 3 fully saturated rings. The number of hydrogen-bond acceptors (Lipinski definition) is 4. The minimum Gasteiger partial charge on any atom is -0.208 e. The first-order chi connectivity index (χ1) is 14.3. The molecule has 3 aliphatic rings. The zero-order chi connectivity index (χ0) is 21.2. The standard InChI is InChI=1S/C22H34N2O4S2/c25-29(26,23-19-8-3-1-4-9-19)20-10-12-21(13-11-20)30(27,28)24-17-7-16-22(18-24)14-5-2-6-15-22/h10-13,19,23H,1-9,14-18H2. The summed E-state index contributed by atoms with van der Waals surface area (Å²) in [6.45, 7) is 1.14. The number of benzene rings is 1. The van der Waals surface area contributed by atoms with Crippen LogP contribution in [0.4, 0.5) is 0 Å². The summed E-state index contributed by atoms with van der Waals surface area (Å²) in [5.41, 5.74) is 0.136. The lowest BCUT2D eigenvalue weighted by atomic mass is 9.70. The molecule has 168 valence electrons. The molecule has 2 aliphatic carbocycles. The Morgan fingerprint density at radius 1 is 0.767 bits per heavy atom. The van der Waals surface area contributed by atoms with E-state index in [1.807, 2.05) is 0 Å². The van der Waals surface area contributed by atoms with Gasteiger partial charge >= 0.3 is 0 Å². The normalized spacial score (nSPS) is 24.1. The van der Waals surface area contributed by atoms with Gasteiger partial charge in [0.25, 0.3) is 0 Å². The van der Waals surface area contributed by atoms with Gasteiger partial charge in [0.05, 0.1) is 9.79 Å². The lowest BCUT2D eigenvalue weighted by Crippen LogP contribution is -2.46. The van der Waals surface area contributed by atoms with Crippen LogP contribution in [-0.4, -0.2) is 40.3 Å². The van der Waals surface area contributed by atoms with E-state index in [1.54, 1.807) is 4.31 Å². The Labute approximate surface area is 181 Å². The molecule has 1 N–H and O–H groups in total. The van der Waals surface area contributed by atoms with Crippen molar-refractivity contribution in [2.75, 3.05) is 13.1 Å². The molecule has 1 spiro atoms. The molecular weight excluding hydrogens is 420 g/mol. The van der Waals surface area contributed by atoms with Crippen LogP contribution in [0.5, 0.6) is 0 Å². The maximum absolute atomic E-state index is 13.3. The Kier molecular flexibility index (Phi) is 6.59. The predicted octanol–water partition coefficient (Wildman–Crippen LogP) is 4.03. The number of rotatable bonds is 5. The van der Waals surface area contributed by atoms with E-state index in [-0.39, 0.29) is 21.2 Å². The fourth-order valence-electron chi connectivity index (χ4n) is 5.53. The van der Waals surface area contributed by atoms with Gasteiger partial charge < -0.3 is 0 Å². The van der Waals surface area contributed by atoms with E-state index < -0.39 is 20.0 Å². The molecule has 1 saturated heterocycles. The van der Waals surface area contributed by atoms with Crippen molar-refractivity contribution in [2.45, 2.75) is 92.9 Å². The van der Waals surface area contributed by atoms with Gasteiger partial charge in [0.2, 0.25) is 20.0 Å². The van der Waals surface area contributed by atoms with Crippen LogP contribution in [0.25, 0.3) is 0 Å². The van der Waals surface area contributed by atoms with Gasteiger partial charge in [-0.15, -0.1) is 0 Å². The van der Waals surface area contributed by atoms with Crippen LogP contribution in [-0.2, 0) is 20.0 Å². The van der Waals surface area contributed by atoms with Crippen molar-refractivity contribution < 1.29 is 16.8 Å². The van der Waals surface area contributed by atoms with Gasteiger partial charge in [0.15, 0.2) is 0 Å². The minimum absolute atomic E-state index is 0.0211. The average molecular weight is 455 g/mol. The molecule has 0 atom stereocenters. The van der Waals surface area contributed by atoms with E-state index in [1.165, 1.54) is 43.5 Å². The lowest BCUT2D eigenvalue weighted by Gasteiger charge is -2.44. The van der Waals surface area contributed by atoms with Crippen LogP contribution in [0, 0.1) is 5.41 Å². The third kappa shape index (κ3) is 4.76. The highest BCUT2D eigenvalue weighted by atomic mass is 32.2. The topological polar surface area (TPSA) is 83.5 Å². The van der Waals surface area contributed by atoms with Gasteiger partial charge in [-0.1, -0.05) is 38.5 Å². The first-order valence-corrected chi connectivity index (χ1v) is 14.4. The minimum atomic E-state index is -3.63. The second-order valence-corrected chi connectivity index (χ2v) is 13.1. The van der Waals surface area contributed by atoms with Gasteiger partial charge in [-0.05, 0) is 68.2 Å². The molecule has 1 heterocycles. The number of piperidine rings is 1. The maximum Gasteiger partial charge on any atom is 0.243 e. The Balaban J connectivity index is 1.48. The summed E-state index contributed by atoms with van der Waals surface area (Å²) in [6, 6.07) is 5.74. The maximum atomic E-state index is 13.3. The van der Waals surface area contributed by atoms with E-state index in [0.29, 0.717) is 13.1 Å². The highest BCUT2D eigenvalue weighted by Gasteiger charge is 2.40. The van der Waals surface area contributed by atoms with Crippen molar-refractivity contribution in [3.05, 3.63) is 24.3 Å². The number of hydrogen-bond donors (Lipinski definition) is 1. The van der Waals surface area contributed by atoms with Gasteiger partial charge in [-0.3, -0.25) is 0 Å². The zero-order valence-corrected chi connectivity index (χ0v) is 19.3. The summed E-state index contributed by atoms with van der Waals surface area (Å²) < 4.78 is 56.3. The Morgan fingerprint density at radius 3 is 2.00 bits per heavy atom. The van der Waals surface area contributed by atoms with Crippen LogP contribution >= 0.6 is 0 Å².